The second-order valence-corrected chi connectivity index (χ2v) is 11.6. The standard InChI is InChI=1S/C38H20N6O2/c1-3-33-27(15-21(1)43-29-17-39-11-7-23(29)24-8-12-40-18-30(24)43)37-35(45-33)5-6-36-38(37)28-16-22(2-4-34(28)46-36)44-31-19-41-13-9-25(31)26-10-14-42-20-32(26)44/h1-20H. The first kappa shape index (κ1) is 23.9. The highest BCUT2D eigenvalue weighted by Gasteiger charge is 2.20. The first-order chi connectivity index (χ1) is 22.8. The largest absolute Gasteiger partial charge is 0.456 e. The molecule has 3 aromatic carbocycles. The molecule has 0 bridgehead atoms. The highest BCUT2D eigenvalue weighted by molar-refractivity contribution is 6.26. The van der Waals surface area contributed by atoms with E-state index in [9.17, 15) is 0 Å². The number of rotatable bonds is 2. The summed E-state index contributed by atoms with van der Waals surface area (Å²) in [4.78, 5) is 17.8. The molecule has 8 aromatic heterocycles. The van der Waals surface area contributed by atoms with E-state index >= 15 is 0 Å². The van der Waals surface area contributed by atoms with E-state index < -0.39 is 0 Å². The number of furan rings is 2. The third kappa shape index (κ3) is 3.02. The first-order valence-corrected chi connectivity index (χ1v) is 15.0. The van der Waals surface area contributed by atoms with Crippen molar-refractivity contribution in [1.82, 2.24) is 29.1 Å². The van der Waals surface area contributed by atoms with E-state index in [0.717, 1.165) is 98.9 Å². The van der Waals surface area contributed by atoms with Gasteiger partial charge in [0.05, 0.1) is 46.9 Å². The van der Waals surface area contributed by atoms with Gasteiger partial charge < -0.3 is 18.0 Å². The summed E-state index contributed by atoms with van der Waals surface area (Å²) in [6, 6.07) is 24.9. The van der Waals surface area contributed by atoms with E-state index in [1.165, 1.54) is 0 Å². The normalized spacial score (nSPS) is 12.3. The zero-order valence-corrected chi connectivity index (χ0v) is 24.0. The van der Waals surface area contributed by atoms with E-state index in [0.29, 0.717) is 0 Å². The molecule has 11 aromatic rings. The van der Waals surface area contributed by atoms with E-state index in [-0.39, 0.29) is 0 Å². The Bertz CT molecular complexity index is 2740. The van der Waals surface area contributed by atoms with Crippen molar-refractivity contribution in [3.8, 4) is 11.4 Å². The Kier molecular flexibility index (Phi) is 4.43. The van der Waals surface area contributed by atoms with Gasteiger partial charge in [0.15, 0.2) is 0 Å². The fraction of sp³-hybridized carbons (Fsp3) is 0. The summed E-state index contributed by atoms with van der Waals surface area (Å²) in [5.41, 5.74) is 9.35. The minimum absolute atomic E-state index is 0.809. The number of pyridine rings is 4. The summed E-state index contributed by atoms with van der Waals surface area (Å²) in [6.07, 6.45) is 15.0. The maximum absolute atomic E-state index is 6.45. The Balaban J connectivity index is 1.22. The van der Waals surface area contributed by atoms with Gasteiger partial charge in [-0.3, -0.25) is 19.9 Å². The molecule has 0 fully saturated rings. The molecule has 8 heterocycles. The van der Waals surface area contributed by atoms with Crippen molar-refractivity contribution in [2.75, 3.05) is 0 Å². The van der Waals surface area contributed by atoms with E-state index in [1.54, 1.807) is 0 Å². The molecule has 0 aliphatic carbocycles. The average Bonchev–Trinajstić information content (AvgIpc) is 3.85. The maximum Gasteiger partial charge on any atom is 0.136 e. The van der Waals surface area contributed by atoms with Gasteiger partial charge in [-0.1, -0.05) is 0 Å². The van der Waals surface area contributed by atoms with Crippen molar-refractivity contribution in [1.29, 1.82) is 0 Å². The van der Waals surface area contributed by atoms with Crippen LogP contribution < -0.4 is 0 Å². The van der Waals surface area contributed by atoms with E-state index in [1.807, 2.05) is 73.8 Å². The van der Waals surface area contributed by atoms with Crippen LogP contribution in [0.25, 0.3) is 98.9 Å². The van der Waals surface area contributed by atoms with Gasteiger partial charge in [0.25, 0.3) is 0 Å². The summed E-state index contributed by atoms with van der Waals surface area (Å²) in [5.74, 6) is 0. The number of aromatic nitrogens is 6. The molecule has 11 rings (SSSR count). The van der Waals surface area contributed by atoms with Gasteiger partial charge >= 0.3 is 0 Å². The van der Waals surface area contributed by atoms with Crippen LogP contribution in [-0.2, 0) is 0 Å². The van der Waals surface area contributed by atoms with Gasteiger partial charge in [0.1, 0.15) is 22.3 Å². The van der Waals surface area contributed by atoms with Crippen molar-refractivity contribution < 1.29 is 8.83 Å². The molecule has 0 aliphatic heterocycles. The van der Waals surface area contributed by atoms with Gasteiger partial charge in [-0.05, 0) is 72.8 Å². The fourth-order valence-corrected chi connectivity index (χ4v) is 7.37. The van der Waals surface area contributed by atoms with Crippen molar-refractivity contribution in [3.05, 3.63) is 122 Å². The number of hydrogen-bond donors (Lipinski definition) is 0. The Morgan fingerprint density at radius 1 is 0.370 bits per heavy atom. The SMILES string of the molecule is c1cc2c3ccncc3n(-c3ccc4oc5ccc6oc7ccc(-n8c9cnccc9c9ccncc98)cc7c6c5c4c3)c2cn1. The molecule has 0 aliphatic rings. The fourth-order valence-electron chi connectivity index (χ4n) is 7.37. The molecule has 0 unspecified atom stereocenters. The summed E-state index contributed by atoms with van der Waals surface area (Å²) in [5, 5.41) is 8.61. The maximum atomic E-state index is 6.45. The molecular weight excluding hydrogens is 572 g/mol. The van der Waals surface area contributed by atoms with Crippen molar-refractivity contribution >= 4 is 87.5 Å². The molecule has 0 spiro atoms. The first-order valence-electron chi connectivity index (χ1n) is 15.0. The van der Waals surface area contributed by atoms with Crippen molar-refractivity contribution in [3.63, 3.8) is 0 Å². The monoisotopic (exact) mass is 592 g/mol. The van der Waals surface area contributed by atoms with Crippen molar-refractivity contribution in [2.45, 2.75) is 0 Å². The highest BCUT2D eigenvalue weighted by atomic mass is 16.3. The molecule has 214 valence electrons. The lowest BCUT2D eigenvalue weighted by molar-refractivity contribution is 0.663. The Morgan fingerprint density at radius 3 is 1.09 bits per heavy atom. The molecule has 0 radical (unpaired) electrons. The second-order valence-electron chi connectivity index (χ2n) is 11.6. The molecule has 8 nitrogen and oxygen atoms in total. The Morgan fingerprint density at radius 2 is 0.717 bits per heavy atom. The minimum atomic E-state index is 0.809. The molecule has 0 amide bonds. The van der Waals surface area contributed by atoms with Crippen LogP contribution in [0.5, 0.6) is 0 Å². The highest BCUT2D eigenvalue weighted by Crippen LogP contribution is 2.42. The number of fused-ring (bicyclic) bond motifs is 13. The smallest absolute Gasteiger partial charge is 0.136 e. The summed E-state index contributed by atoms with van der Waals surface area (Å²) >= 11 is 0. The molecule has 0 saturated heterocycles. The number of nitrogens with zero attached hydrogens (tertiary/aromatic N) is 6. The van der Waals surface area contributed by atoms with Crippen LogP contribution in [0.3, 0.4) is 0 Å². The topological polar surface area (TPSA) is 87.7 Å². The van der Waals surface area contributed by atoms with Crippen LogP contribution in [0.4, 0.5) is 0 Å². The molecule has 46 heavy (non-hydrogen) atoms. The molecular formula is C38H20N6O2. The van der Waals surface area contributed by atoms with Crippen LogP contribution in [0, 0.1) is 0 Å². The second kappa shape index (κ2) is 8.55. The lowest BCUT2D eigenvalue weighted by Gasteiger charge is -2.08. The lowest BCUT2D eigenvalue weighted by atomic mass is 10.0. The quantitative estimate of drug-likeness (QED) is 0.199. The molecule has 0 N–H and O–H groups in total. The van der Waals surface area contributed by atoms with Gasteiger partial charge in [-0.2, -0.15) is 0 Å². The van der Waals surface area contributed by atoms with Gasteiger partial charge in [0.2, 0.25) is 0 Å². The lowest BCUT2D eigenvalue weighted by Crippen LogP contribution is -1.94. The zero-order chi connectivity index (χ0) is 29.9. The molecule has 0 saturated carbocycles. The Hall–Kier alpha value is -6.54. The zero-order valence-electron chi connectivity index (χ0n) is 24.0. The third-order valence-corrected chi connectivity index (χ3v) is 9.29. The number of benzene rings is 3. The number of hydrogen-bond acceptors (Lipinski definition) is 6. The summed E-state index contributed by atoms with van der Waals surface area (Å²) < 4.78 is 17.3. The average molecular weight is 593 g/mol. The van der Waals surface area contributed by atoms with Gasteiger partial charge in [-0.15, -0.1) is 0 Å². The minimum Gasteiger partial charge on any atom is -0.456 e. The predicted octanol–water partition coefficient (Wildman–Crippen LogP) is 9.26. The van der Waals surface area contributed by atoms with Crippen LogP contribution >= 0.6 is 0 Å². The van der Waals surface area contributed by atoms with Crippen LogP contribution in [0.1, 0.15) is 0 Å². The summed E-state index contributed by atoms with van der Waals surface area (Å²) in [7, 11) is 0. The third-order valence-electron chi connectivity index (χ3n) is 9.29. The molecule has 0 atom stereocenters. The van der Waals surface area contributed by atoms with Gasteiger partial charge in [0, 0.05) is 79.3 Å². The van der Waals surface area contributed by atoms with Crippen LogP contribution in [0.2, 0.25) is 0 Å². The van der Waals surface area contributed by atoms with E-state index in [2.05, 4.69) is 77.6 Å². The van der Waals surface area contributed by atoms with Crippen LogP contribution in [0.15, 0.2) is 131 Å². The van der Waals surface area contributed by atoms with E-state index in [4.69, 9.17) is 8.83 Å². The predicted molar refractivity (Wildman–Crippen MR) is 181 cm³/mol. The Labute approximate surface area is 258 Å². The molecule has 8 heteroatoms. The van der Waals surface area contributed by atoms with Gasteiger partial charge in [-0.25, -0.2) is 0 Å². The summed E-state index contributed by atoms with van der Waals surface area (Å²) in [6.45, 7) is 0. The van der Waals surface area contributed by atoms with Crippen molar-refractivity contribution in [2.24, 2.45) is 0 Å². The van der Waals surface area contributed by atoms with Crippen LogP contribution in [-0.4, -0.2) is 29.1 Å².